The van der Waals surface area contributed by atoms with Crippen LogP contribution in [0.1, 0.15) is 23.1 Å². The average molecular weight is 203 g/mol. The molecule has 73 valence electrons. The summed E-state index contributed by atoms with van der Waals surface area (Å²) < 4.78 is 0. The van der Waals surface area contributed by atoms with E-state index in [0.29, 0.717) is 0 Å². The Bertz CT molecular complexity index is 306. The molecule has 1 aromatic carbocycles. The van der Waals surface area contributed by atoms with Crippen molar-refractivity contribution >= 4 is 21.6 Å². The van der Waals surface area contributed by atoms with Crippen LogP contribution in [0.15, 0.2) is 12.1 Å². The molecule has 14 heavy (non-hydrogen) atoms. The standard InChI is InChI=1S/C12H17P.B/c1-9-7-10(2)12(11(3)8-9)13-5-4-6-13;/h7-8H,4-6H2,1-3H3;. The minimum absolute atomic E-state index is 0. The van der Waals surface area contributed by atoms with Gasteiger partial charge in [-0.15, -0.1) is 0 Å². The Morgan fingerprint density at radius 1 is 1.00 bits per heavy atom. The van der Waals surface area contributed by atoms with Gasteiger partial charge in [-0.25, -0.2) is 0 Å². The summed E-state index contributed by atoms with van der Waals surface area (Å²) in [6.45, 7) is 6.74. The SMILES string of the molecule is Cc1cc(C)c(P2CCC2)c(C)c1.[B]. The lowest BCUT2D eigenvalue weighted by molar-refractivity contribution is 1.03. The lowest BCUT2D eigenvalue weighted by atomic mass is 10.1. The molecule has 0 spiro atoms. The number of hydrogen-bond donors (Lipinski definition) is 0. The van der Waals surface area contributed by atoms with Gasteiger partial charge in [0.2, 0.25) is 0 Å². The molecule has 0 amide bonds. The fourth-order valence-corrected chi connectivity index (χ4v) is 4.42. The first kappa shape index (κ1) is 11.8. The van der Waals surface area contributed by atoms with Crippen LogP contribution in [0.5, 0.6) is 0 Å². The van der Waals surface area contributed by atoms with E-state index in [2.05, 4.69) is 32.9 Å². The highest BCUT2D eigenvalue weighted by atomic mass is 31.1. The highest BCUT2D eigenvalue weighted by Crippen LogP contribution is 2.46. The predicted molar refractivity (Wildman–Crippen MR) is 67.3 cm³/mol. The van der Waals surface area contributed by atoms with E-state index in [0.717, 1.165) is 0 Å². The minimum atomic E-state index is 0. The maximum Gasteiger partial charge on any atom is 0 e. The Morgan fingerprint density at radius 3 is 1.86 bits per heavy atom. The van der Waals surface area contributed by atoms with E-state index in [4.69, 9.17) is 0 Å². The summed E-state index contributed by atoms with van der Waals surface area (Å²) in [5, 5.41) is 1.70. The van der Waals surface area contributed by atoms with Crippen LogP contribution in [-0.4, -0.2) is 20.7 Å². The van der Waals surface area contributed by atoms with Crippen molar-refractivity contribution in [3.8, 4) is 0 Å². The Labute approximate surface area is 90.4 Å². The number of aryl methyl sites for hydroxylation is 3. The first-order valence-corrected chi connectivity index (χ1v) is 6.72. The fourth-order valence-electron chi connectivity index (χ4n) is 2.21. The van der Waals surface area contributed by atoms with E-state index in [1.165, 1.54) is 35.4 Å². The van der Waals surface area contributed by atoms with Crippen molar-refractivity contribution in [2.24, 2.45) is 0 Å². The monoisotopic (exact) mass is 203 g/mol. The van der Waals surface area contributed by atoms with Crippen LogP contribution in [0.3, 0.4) is 0 Å². The molecule has 3 radical (unpaired) electrons. The van der Waals surface area contributed by atoms with E-state index in [9.17, 15) is 0 Å². The van der Waals surface area contributed by atoms with Crippen LogP contribution in [0.4, 0.5) is 0 Å². The van der Waals surface area contributed by atoms with Gasteiger partial charge in [-0.3, -0.25) is 0 Å². The van der Waals surface area contributed by atoms with Gasteiger partial charge in [0, 0.05) is 8.41 Å². The van der Waals surface area contributed by atoms with Crippen LogP contribution in [0.25, 0.3) is 0 Å². The smallest absolute Gasteiger partial charge is 0 e. The van der Waals surface area contributed by atoms with Gasteiger partial charge in [0.05, 0.1) is 0 Å². The van der Waals surface area contributed by atoms with Crippen molar-refractivity contribution in [3.05, 3.63) is 28.8 Å². The van der Waals surface area contributed by atoms with Crippen molar-refractivity contribution in [2.75, 3.05) is 12.3 Å². The molecule has 1 fully saturated rings. The van der Waals surface area contributed by atoms with Crippen LogP contribution in [0.2, 0.25) is 0 Å². The highest BCUT2D eigenvalue weighted by molar-refractivity contribution is 7.67. The molecule has 1 heterocycles. The molecule has 0 N–H and O–H groups in total. The molecule has 0 unspecified atom stereocenters. The van der Waals surface area contributed by atoms with Crippen molar-refractivity contribution in [1.82, 2.24) is 0 Å². The first-order valence-electron chi connectivity index (χ1n) is 5.01. The molecule has 2 rings (SSSR count). The fraction of sp³-hybridized carbons (Fsp3) is 0.500. The zero-order valence-corrected chi connectivity index (χ0v) is 10.2. The predicted octanol–water partition coefficient (Wildman–Crippen LogP) is 2.74. The van der Waals surface area contributed by atoms with Gasteiger partial charge < -0.3 is 0 Å². The molecule has 0 atom stereocenters. The molecule has 0 nitrogen and oxygen atoms in total. The van der Waals surface area contributed by atoms with Crippen LogP contribution < -0.4 is 5.30 Å². The Hall–Kier alpha value is -0.285. The van der Waals surface area contributed by atoms with Gasteiger partial charge in [0.1, 0.15) is 0 Å². The second kappa shape index (κ2) is 4.49. The molecule has 0 aromatic heterocycles. The van der Waals surface area contributed by atoms with Gasteiger partial charge in [0.15, 0.2) is 0 Å². The molecule has 1 saturated heterocycles. The molecule has 2 heteroatoms. The lowest BCUT2D eigenvalue weighted by Crippen LogP contribution is -2.20. The van der Waals surface area contributed by atoms with E-state index in [1.807, 2.05) is 0 Å². The van der Waals surface area contributed by atoms with Gasteiger partial charge in [-0.1, -0.05) is 25.6 Å². The van der Waals surface area contributed by atoms with Gasteiger partial charge in [0.25, 0.3) is 0 Å². The van der Waals surface area contributed by atoms with Crippen molar-refractivity contribution in [2.45, 2.75) is 27.2 Å². The highest BCUT2D eigenvalue weighted by Gasteiger charge is 2.21. The molecular weight excluding hydrogens is 186 g/mol. The maximum atomic E-state index is 2.34. The number of hydrogen-bond acceptors (Lipinski definition) is 0. The van der Waals surface area contributed by atoms with Crippen molar-refractivity contribution in [1.29, 1.82) is 0 Å². The zero-order chi connectivity index (χ0) is 9.42. The Morgan fingerprint density at radius 2 is 1.50 bits per heavy atom. The molecule has 0 saturated carbocycles. The third-order valence-corrected chi connectivity index (χ3v) is 5.86. The van der Waals surface area contributed by atoms with E-state index >= 15 is 0 Å². The zero-order valence-electron chi connectivity index (χ0n) is 9.30. The summed E-state index contributed by atoms with van der Waals surface area (Å²) in [4.78, 5) is 0. The molecule has 1 aromatic rings. The minimum Gasteiger partial charge on any atom is -0.0747 e. The third kappa shape index (κ3) is 2.03. The lowest BCUT2D eigenvalue weighted by Gasteiger charge is -2.29. The van der Waals surface area contributed by atoms with Crippen molar-refractivity contribution < 1.29 is 0 Å². The van der Waals surface area contributed by atoms with Crippen LogP contribution in [0, 0.1) is 20.8 Å². The summed E-state index contributed by atoms with van der Waals surface area (Å²) in [5.41, 5.74) is 4.47. The van der Waals surface area contributed by atoms with Crippen molar-refractivity contribution in [3.63, 3.8) is 0 Å². The number of benzene rings is 1. The molecule has 1 aliphatic rings. The van der Waals surface area contributed by atoms with Crippen LogP contribution in [-0.2, 0) is 0 Å². The van der Waals surface area contributed by atoms with E-state index in [-0.39, 0.29) is 16.3 Å². The van der Waals surface area contributed by atoms with Gasteiger partial charge in [-0.2, -0.15) is 0 Å². The average Bonchev–Trinajstić information content (AvgIpc) is 1.92. The normalized spacial score (nSPS) is 15.9. The second-order valence-corrected chi connectivity index (χ2v) is 6.51. The largest absolute Gasteiger partial charge is 0.0747 e. The summed E-state index contributed by atoms with van der Waals surface area (Å²) in [6, 6.07) is 4.67. The summed E-state index contributed by atoms with van der Waals surface area (Å²) in [5.74, 6) is 0. The Kier molecular flexibility index (Phi) is 3.78. The molecule has 0 bridgehead atoms. The van der Waals surface area contributed by atoms with E-state index in [1.54, 1.807) is 5.30 Å². The number of rotatable bonds is 1. The second-order valence-electron chi connectivity index (χ2n) is 4.09. The van der Waals surface area contributed by atoms with Gasteiger partial charge >= 0.3 is 0 Å². The quantitative estimate of drug-likeness (QED) is 0.486. The van der Waals surface area contributed by atoms with E-state index < -0.39 is 0 Å². The van der Waals surface area contributed by atoms with Crippen LogP contribution >= 0.6 is 7.92 Å². The topological polar surface area (TPSA) is 0 Å². The Balaban J connectivity index is 0.000000980. The summed E-state index contributed by atoms with van der Waals surface area (Å²) in [7, 11) is 0.253. The van der Waals surface area contributed by atoms with Gasteiger partial charge in [-0.05, 0) is 55.9 Å². The molecule has 0 aliphatic carbocycles. The molecule has 1 aliphatic heterocycles. The maximum absolute atomic E-state index is 2.34. The summed E-state index contributed by atoms with van der Waals surface area (Å²) in [6.07, 6.45) is 4.40. The summed E-state index contributed by atoms with van der Waals surface area (Å²) >= 11 is 0. The molecular formula is C12H17BP. The third-order valence-electron chi connectivity index (χ3n) is 2.81. The first-order chi connectivity index (χ1) is 6.18.